The number of nitrogens with zero attached hydrogens (tertiary/aromatic N) is 2. The van der Waals surface area contributed by atoms with Gasteiger partial charge >= 0.3 is 0 Å². The number of thiazole rings is 1. The van der Waals surface area contributed by atoms with Crippen molar-refractivity contribution in [1.29, 1.82) is 0 Å². The highest BCUT2D eigenvalue weighted by Gasteiger charge is 2.23. The number of anilines is 2. The Morgan fingerprint density at radius 3 is 2.74 bits per heavy atom. The molecule has 1 fully saturated rings. The molecule has 7 heteroatoms. The van der Waals surface area contributed by atoms with Crippen LogP contribution in [0.2, 0.25) is 0 Å². The molecule has 1 aliphatic heterocycles. The van der Waals surface area contributed by atoms with Gasteiger partial charge in [-0.15, -0.1) is 11.3 Å². The van der Waals surface area contributed by atoms with E-state index in [0.717, 1.165) is 34.1 Å². The van der Waals surface area contributed by atoms with Crippen LogP contribution in [0, 0.1) is 6.92 Å². The van der Waals surface area contributed by atoms with Gasteiger partial charge in [-0.1, -0.05) is 24.3 Å². The van der Waals surface area contributed by atoms with Crippen LogP contribution in [0.1, 0.15) is 29.1 Å². The fraction of sp³-hybridized carbons (Fsp3) is 0.208. The molecule has 0 atom stereocenters. The van der Waals surface area contributed by atoms with Crippen molar-refractivity contribution in [3.8, 4) is 5.75 Å². The standard InChI is InChI=1S/C24H23N3O3S/c1-17-25-19(16-31-17)15-30-20-11-8-18(9-12-20)10-13-23(28)26-21-5-2-3-6-22(21)27-14-4-7-24(27)29/h2-3,5-6,8-13,16H,4,7,14-15H2,1H3,(H,26,28)/b13-10+. The summed E-state index contributed by atoms with van der Waals surface area (Å²) in [6.07, 6.45) is 4.61. The van der Waals surface area contributed by atoms with Crippen molar-refractivity contribution in [1.82, 2.24) is 4.98 Å². The Morgan fingerprint density at radius 1 is 1.23 bits per heavy atom. The molecule has 1 aliphatic rings. The Labute approximate surface area is 185 Å². The number of benzene rings is 2. The number of amides is 2. The summed E-state index contributed by atoms with van der Waals surface area (Å²) in [5.74, 6) is 0.583. The molecule has 1 aromatic heterocycles. The molecule has 3 aromatic rings. The fourth-order valence-corrected chi connectivity index (χ4v) is 3.97. The first-order chi connectivity index (χ1) is 15.1. The number of aryl methyl sites for hydroxylation is 1. The molecular formula is C24H23N3O3S. The lowest BCUT2D eigenvalue weighted by molar-refractivity contribution is -0.117. The molecule has 31 heavy (non-hydrogen) atoms. The monoisotopic (exact) mass is 433 g/mol. The summed E-state index contributed by atoms with van der Waals surface area (Å²) < 4.78 is 5.74. The van der Waals surface area contributed by atoms with E-state index in [9.17, 15) is 9.59 Å². The van der Waals surface area contributed by atoms with Crippen molar-refractivity contribution in [3.63, 3.8) is 0 Å². The van der Waals surface area contributed by atoms with Crippen LogP contribution in [0.25, 0.3) is 6.08 Å². The topological polar surface area (TPSA) is 71.5 Å². The first-order valence-corrected chi connectivity index (χ1v) is 11.0. The molecule has 0 spiro atoms. The number of para-hydroxylation sites is 2. The van der Waals surface area contributed by atoms with E-state index in [-0.39, 0.29) is 11.8 Å². The molecule has 0 radical (unpaired) electrons. The van der Waals surface area contributed by atoms with Crippen molar-refractivity contribution >= 4 is 40.6 Å². The van der Waals surface area contributed by atoms with Crippen LogP contribution >= 0.6 is 11.3 Å². The summed E-state index contributed by atoms with van der Waals surface area (Å²) >= 11 is 1.60. The molecule has 0 unspecified atom stereocenters. The van der Waals surface area contributed by atoms with E-state index in [1.54, 1.807) is 22.3 Å². The van der Waals surface area contributed by atoms with Gasteiger partial charge in [-0.2, -0.15) is 0 Å². The number of hydrogen-bond acceptors (Lipinski definition) is 5. The van der Waals surface area contributed by atoms with E-state index in [1.165, 1.54) is 6.08 Å². The van der Waals surface area contributed by atoms with Crippen LogP contribution < -0.4 is 15.0 Å². The third-order valence-corrected chi connectivity index (χ3v) is 5.71. The average Bonchev–Trinajstić information content (AvgIpc) is 3.39. The van der Waals surface area contributed by atoms with Crippen molar-refractivity contribution in [2.24, 2.45) is 0 Å². The third-order valence-electron chi connectivity index (χ3n) is 4.89. The highest BCUT2D eigenvalue weighted by Crippen LogP contribution is 2.29. The Balaban J connectivity index is 1.35. The van der Waals surface area contributed by atoms with Gasteiger partial charge in [0.25, 0.3) is 0 Å². The molecule has 158 valence electrons. The summed E-state index contributed by atoms with van der Waals surface area (Å²) in [7, 11) is 0. The van der Waals surface area contributed by atoms with Crippen LogP contribution in [0.4, 0.5) is 11.4 Å². The summed E-state index contributed by atoms with van der Waals surface area (Å²) in [6.45, 7) is 3.08. The maximum atomic E-state index is 12.4. The third kappa shape index (κ3) is 5.38. The maximum Gasteiger partial charge on any atom is 0.248 e. The SMILES string of the molecule is Cc1nc(COc2ccc(/C=C/C(=O)Nc3ccccc3N3CCCC3=O)cc2)cs1. The Bertz CT molecular complexity index is 1110. The number of nitrogens with one attached hydrogen (secondary N) is 1. The van der Waals surface area contributed by atoms with Crippen molar-refractivity contribution < 1.29 is 14.3 Å². The van der Waals surface area contributed by atoms with Crippen LogP contribution in [0.3, 0.4) is 0 Å². The van der Waals surface area contributed by atoms with Crippen LogP contribution in [0.5, 0.6) is 5.75 Å². The molecule has 4 rings (SSSR count). The number of carbonyl (C=O) groups is 2. The first-order valence-electron chi connectivity index (χ1n) is 10.1. The number of aromatic nitrogens is 1. The number of rotatable bonds is 7. The maximum absolute atomic E-state index is 12.4. The molecular weight excluding hydrogens is 410 g/mol. The zero-order chi connectivity index (χ0) is 21.6. The Hall–Kier alpha value is -3.45. The molecule has 1 saturated heterocycles. The lowest BCUT2D eigenvalue weighted by atomic mass is 10.2. The van der Waals surface area contributed by atoms with Crippen LogP contribution in [-0.4, -0.2) is 23.3 Å². The summed E-state index contributed by atoms with van der Waals surface area (Å²) in [6, 6.07) is 14.9. The van der Waals surface area contributed by atoms with E-state index in [2.05, 4.69) is 10.3 Å². The molecule has 6 nitrogen and oxygen atoms in total. The highest BCUT2D eigenvalue weighted by molar-refractivity contribution is 7.09. The van der Waals surface area contributed by atoms with E-state index in [0.29, 0.717) is 25.3 Å². The lowest BCUT2D eigenvalue weighted by Crippen LogP contribution is -2.25. The highest BCUT2D eigenvalue weighted by atomic mass is 32.1. The number of ether oxygens (including phenoxy) is 1. The predicted octanol–water partition coefficient (Wildman–Crippen LogP) is 4.81. The van der Waals surface area contributed by atoms with Gasteiger partial charge in [0.05, 0.1) is 22.1 Å². The van der Waals surface area contributed by atoms with Gasteiger partial charge in [0, 0.05) is 24.4 Å². The van der Waals surface area contributed by atoms with Crippen LogP contribution in [-0.2, 0) is 16.2 Å². The molecule has 2 aromatic carbocycles. The minimum absolute atomic E-state index is 0.0875. The molecule has 0 aliphatic carbocycles. The molecule has 2 heterocycles. The largest absolute Gasteiger partial charge is 0.487 e. The van der Waals surface area contributed by atoms with E-state index < -0.39 is 0 Å². The number of carbonyl (C=O) groups excluding carboxylic acids is 2. The zero-order valence-corrected chi connectivity index (χ0v) is 18.0. The van der Waals surface area contributed by atoms with Gasteiger partial charge in [0.2, 0.25) is 11.8 Å². The summed E-state index contributed by atoms with van der Waals surface area (Å²) in [5.41, 5.74) is 3.17. The first kappa shape index (κ1) is 20.8. The molecule has 0 bridgehead atoms. The van der Waals surface area contributed by atoms with Crippen LogP contribution in [0.15, 0.2) is 60.0 Å². The zero-order valence-electron chi connectivity index (χ0n) is 17.2. The van der Waals surface area contributed by atoms with E-state index in [1.807, 2.05) is 60.8 Å². The van der Waals surface area contributed by atoms with Gasteiger partial charge in [-0.25, -0.2) is 4.98 Å². The fourth-order valence-electron chi connectivity index (χ4n) is 3.37. The van der Waals surface area contributed by atoms with Gasteiger partial charge < -0.3 is 15.0 Å². The normalized spacial score (nSPS) is 13.7. The van der Waals surface area contributed by atoms with E-state index in [4.69, 9.17) is 4.74 Å². The van der Waals surface area contributed by atoms with Gasteiger partial charge in [0.1, 0.15) is 12.4 Å². The second kappa shape index (κ2) is 9.57. The molecule has 0 saturated carbocycles. The summed E-state index contributed by atoms with van der Waals surface area (Å²) in [5, 5.41) is 5.89. The Morgan fingerprint density at radius 2 is 2.03 bits per heavy atom. The van der Waals surface area contributed by atoms with Gasteiger partial charge in [-0.05, 0) is 49.2 Å². The smallest absolute Gasteiger partial charge is 0.248 e. The number of hydrogen-bond donors (Lipinski definition) is 1. The van der Waals surface area contributed by atoms with Crippen molar-refractivity contribution in [2.75, 3.05) is 16.8 Å². The van der Waals surface area contributed by atoms with Crippen molar-refractivity contribution in [2.45, 2.75) is 26.4 Å². The minimum Gasteiger partial charge on any atom is -0.487 e. The molecule has 2 amide bonds. The van der Waals surface area contributed by atoms with Gasteiger partial charge in [0.15, 0.2) is 0 Å². The molecule has 1 N–H and O–H groups in total. The predicted molar refractivity (Wildman–Crippen MR) is 123 cm³/mol. The summed E-state index contributed by atoms with van der Waals surface area (Å²) in [4.78, 5) is 30.6. The minimum atomic E-state index is -0.252. The quantitative estimate of drug-likeness (QED) is 0.543. The van der Waals surface area contributed by atoms with Gasteiger partial charge in [-0.3, -0.25) is 9.59 Å². The van der Waals surface area contributed by atoms with Crippen molar-refractivity contribution in [3.05, 3.63) is 76.3 Å². The Kier molecular flexibility index (Phi) is 6.43. The second-order valence-electron chi connectivity index (χ2n) is 7.20. The van der Waals surface area contributed by atoms with E-state index >= 15 is 0 Å². The average molecular weight is 434 g/mol. The lowest BCUT2D eigenvalue weighted by Gasteiger charge is -2.19. The second-order valence-corrected chi connectivity index (χ2v) is 8.27.